The summed E-state index contributed by atoms with van der Waals surface area (Å²) in [6.45, 7) is 6.47. The van der Waals surface area contributed by atoms with Gasteiger partial charge in [-0.15, -0.1) is 0 Å². The molecular weight excluding hydrogens is 877 g/mol. The van der Waals surface area contributed by atoms with Gasteiger partial charge in [-0.3, -0.25) is 14.4 Å². The van der Waals surface area contributed by atoms with E-state index in [4.69, 9.17) is 14.2 Å². The number of carbonyl (C=O) groups excluding carboxylic acids is 3. The SMILES string of the molecule is CC/C=C\C/C=C\C/C=C\C/C=C\C/C=C\C/C=C\C/C=C\C/C=C\C/C=C\CCCCCCCCCC(=O)OCC(COC(=O)CCCCCCCCCC)OC(=O)CCCCCCCCCCCC. The molecule has 0 rings (SSSR count). The number of hydrogen-bond donors (Lipinski definition) is 0. The smallest absolute Gasteiger partial charge is 0.306 e. The molecule has 0 bridgehead atoms. The summed E-state index contributed by atoms with van der Waals surface area (Å²) in [4.78, 5) is 37.8. The van der Waals surface area contributed by atoms with Gasteiger partial charge in [-0.1, -0.05) is 265 Å². The molecule has 0 spiro atoms. The van der Waals surface area contributed by atoms with Gasteiger partial charge in [0.15, 0.2) is 6.10 Å². The fourth-order valence-electron chi connectivity index (χ4n) is 7.91. The summed E-state index contributed by atoms with van der Waals surface area (Å²) < 4.78 is 16.7. The molecule has 0 amide bonds. The minimum atomic E-state index is -0.776. The lowest BCUT2D eigenvalue weighted by Gasteiger charge is -2.18. The van der Waals surface area contributed by atoms with E-state index in [1.54, 1.807) is 0 Å². The number of esters is 3. The second kappa shape index (κ2) is 58.6. The molecule has 1 unspecified atom stereocenters. The Balaban J connectivity index is 4.09. The number of hydrogen-bond acceptors (Lipinski definition) is 6. The van der Waals surface area contributed by atoms with Crippen molar-refractivity contribution in [1.82, 2.24) is 0 Å². The molecule has 6 nitrogen and oxygen atoms in total. The second-order valence-electron chi connectivity index (χ2n) is 19.2. The van der Waals surface area contributed by atoms with Crippen LogP contribution < -0.4 is 0 Å². The predicted octanol–water partition coefficient (Wildman–Crippen LogP) is 19.9. The zero-order valence-electron chi connectivity index (χ0n) is 46.2. The van der Waals surface area contributed by atoms with E-state index in [1.165, 1.54) is 103 Å². The number of allylic oxidation sites excluding steroid dienone is 18. The van der Waals surface area contributed by atoms with Crippen LogP contribution in [0.15, 0.2) is 109 Å². The average molecular weight is 986 g/mol. The van der Waals surface area contributed by atoms with Gasteiger partial charge >= 0.3 is 17.9 Å². The maximum atomic E-state index is 12.7. The standard InChI is InChI=1S/C65H108O6/c1-4-7-10-13-16-19-21-22-23-24-25-26-27-28-29-30-31-32-33-34-35-36-37-38-39-40-41-42-43-44-45-47-49-52-55-58-64(67)70-61-62(60-69-63(66)57-54-51-48-18-15-12-9-6-3)71-65(68)59-56-53-50-46-20-17-14-11-8-5-2/h7,10,16,19,22-23,25-26,28-29,31-32,34-35,37-38,40-41,62H,4-6,8-9,11-15,17-18,20-21,24,27,30,33,36,39,42-61H2,1-3H3/b10-7-,19-16-,23-22-,26-25-,29-28-,32-31-,35-34-,38-37-,41-40-. The summed E-state index contributed by atoms with van der Waals surface area (Å²) in [5.74, 6) is -0.896. The lowest BCUT2D eigenvalue weighted by molar-refractivity contribution is -0.167. The van der Waals surface area contributed by atoms with Crippen molar-refractivity contribution >= 4 is 17.9 Å². The molecule has 0 aromatic carbocycles. The maximum absolute atomic E-state index is 12.7. The molecule has 0 aliphatic rings. The van der Waals surface area contributed by atoms with Gasteiger partial charge in [0, 0.05) is 19.3 Å². The van der Waals surface area contributed by atoms with E-state index in [-0.39, 0.29) is 31.1 Å². The molecule has 71 heavy (non-hydrogen) atoms. The topological polar surface area (TPSA) is 78.9 Å². The van der Waals surface area contributed by atoms with Crippen LogP contribution in [-0.4, -0.2) is 37.2 Å². The maximum Gasteiger partial charge on any atom is 0.306 e. The fourth-order valence-corrected chi connectivity index (χ4v) is 7.91. The Hall–Kier alpha value is -3.93. The average Bonchev–Trinajstić information content (AvgIpc) is 3.37. The Morgan fingerprint density at radius 2 is 0.549 bits per heavy atom. The zero-order valence-corrected chi connectivity index (χ0v) is 46.2. The molecule has 0 saturated heterocycles. The van der Waals surface area contributed by atoms with E-state index < -0.39 is 6.10 Å². The van der Waals surface area contributed by atoms with Gasteiger partial charge in [-0.2, -0.15) is 0 Å². The molecule has 6 heteroatoms. The molecule has 0 heterocycles. The van der Waals surface area contributed by atoms with Crippen LogP contribution in [0.2, 0.25) is 0 Å². The first-order chi connectivity index (χ1) is 35.0. The molecule has 0 aliphatic carbocycles. The van der Waals surface area contributed by atoms with E-state index in [2.05, 4.69) is 130 Å². The number of ether oxygens (including phenoxy) is 3. The molecule has 0 aliphatic heterocycles. The van der Waals surface area contributed by atoms with Gasteiger partial charge in [-0.05, 0) is 89.9 Å². The monoisotopic (exact) mass is 985 g/mol. The van der Waals surface area contributed by atoms with E-state index in [9.17, 15) is 14.4 Å². The van der Waals surface area contributed by atoms with Gasteiger partial charge in [-0.25, -0.2) is 0 Å². The fraction of sp³-hybridized carbons (Fsp3) is 0.677. The van der Waals surface area contributed by atoms with Crippen LogP contribution in [0.25, 0.3) is 0 Å². The minimum absolute atomic E-state index is 0.0785. The van der Waals surface area contributed by atoms with Gasteiger partial charge < -0.3 is 14.2 Å². The third-order valence-electron chi connectivity index (χ3n) is 12.3. The van der Waals surface area contributed by atoms with Gasteiger partial charge in [0.2, 0.25) is 0 Å². The Morgan fingerprint density at radius 1 is 0.296 bits per heavy atom. The number of unbranched alkanes of at least 4 members (excludes halogenated alkanes) is 23. The van der Waals surface area contributed by atoms with Crippen molar-refractivity contribution in [2.45, 2.75) is 271 Å². The third-order valence-corrected chi connectivity index (χ3v) is 12.3. The van der Waals surface area contributed by atoms with E-state index in [0.717, 1.165) is 122 Å². The van der Waals surface area contributed by atoms with Crippen LogP contribution in [0.4, 0.5) is 0 Å². The highest BCUT2D eigenvalue weighted by molar-refractivity contribution is 5.71. The lowest BCUT2D eigenvalue weighted by Crippen LogP contribution is -2.30. The molecule has 0 N–H and O–H groups in total. The molecule has 0 aromatic heterocycles. The largest absolute Gasteiger partial charge is 0.462 e. The van der Waals surface area contributed by atoms with Gasteiger partial charge in [0.1, 0.15) is 13.2 Å². The summed E-state index contributed by atoms with van der Waals surface area (Å²) in [6.07, 6.45) is 79.7. The van der Waals surface area contributed by atoms with Crippen molar-refractivity contribution in [2.24, 2.45) is 0 Å². The first-order valence-electron chi connectivity index (χ1n) is 29.4. The quantitative estimate of drug-likeness (QED) is 0.0261. The van der Waals surface area contributed by atoms with Crippen molar-refractivity contribution in [3.05, 3.63) is 109 Å². The third kappa shape index (κ3) is 56.9. The zero-order chi connectivity index (χ0) is 51.4. The van der Waals surface area contributed by atoms with Crippen LogP contribution in [0, 0.1) is 0 Å². The predicted molar refractivity (Wildman–Crippen MR) is 307 cm³/mol. The van der Waals surface area contributed by atoms with Crippen LogP contribution in [0.1, 0.15) is 265 Å². The van der Waals surface area contributed by atoms with Crippen molar-refractivity contribution in [3.8, 4) is 0 Å². The Morgan fingerprint density at radius 3 is 0.859 bits per heavy atom. The first kappa shape index (κ1) is 67.1. The van der Waals surface area contributed by atoms with Gasteiger partial charge in [0.25, 0.3) is 0 Å². The lowest BCUT2D eigenvalue weighted by atomic mass is 10.1. The van der Waals surface area contributed by atoms with E-state index in [1.807, 2.05) is 0 Å². The van der Waals surface area contributed by atoms with Crippen molar-refractivity contribution in [1.29, 1.82) is 0 Å². The normalized spacial score (nSPS) is 12.9. The second-order valence-corrected chi connectivity index (χ2v) is 19.2. The van der Waals surface area contributed by atoms with Gasteiger partial charge in [0.05, 0.1) is 0 Å². The molecule has 404 valence electrons. The van der Waals surface area contributed by atoms with Crippen molar-refractivity contribution < 1.29 is 28.6 Å². The van der Waals surface area contributed by atoms with E-state index >= 15 is 0 Å². The summed E-state index contributed by atoms with van der Waals surface area (Å²) in [6, 6.07) is 0. The van der Waals surface area contributed by atoms with E-state index in [0.29, 0.717) is 19.3 Å². The summed E-state index contributed by atoms with van der Waals surface area (Å²) >= 11 is 0. The molecule has 0 fully saturated rings. The molecule has 0 radical (unpaired) electrons. The molecular formula is C65H108O6. The molecule has 0 aromatic rings. The van der Waals surface area contributed by atoms with Crippen LogP contribution >= 0.6 is 0 Å². The highest BCUT2D eigenvalue weighted by Gasteiger charge is 2.19. The van der Waals surface area contributed by atoms with Crippen LogP contribution in [-0.2, 0) is 28.6 Å². The highest BCUT2D eigenvalue weighted by Crippen LogP contribution is 2.15. The molecule has 1 atom stereocenters. The van der Waals surface area contributed by atoms with Crippen LogP contribution in [0.5, 0.6) is 0 Å². The summed E-state index contributed by atoms with van der Waals surface area (Å²) in [5.41, 5.74) is 0. The number of carbonyl (C=O) groups is 3. The Bertz CT molecular complexity index is 1460. The number of rotatable bonds is 52. The molecule has 0 saturated carbocycles. The summed E-state index contributed by atoms with van der Waals surface area (Å²) in [7, 11) is 0. The van der Waals surface area contributed by atoms with Crippen molar-refractivity contribution in [2.75, 3.05) is 13.2 Å². The summed E-state index contributed by atoms with van der Waals surface area (Å²) in [5, 5.41) is 0. The van der Waals surface area contributed by atoms with Crippen LogP contribution in [0.3, 0.4) is 0 Å². The first-order valence-corrected chi connectivity index (χ1v) is 29.4. The Labute approximate surface area is 438 Å². The van der Waals surface area contributed by atoms with Crippen molar-refractivity contribution in [3.63, 3.8) is 0 Å². The highest BCUT2D eigenvalue weighted by atomic mass is 16.6. The minimum Gasteiger partial charge on any atom is -0.462 e. The Kier molecular flexibility index (Phi) is 55.4.